The summed E-state index contributed by atoms with van der Waals surface area (Å²) in [4.78, 5) is 14.0. The molecule has 0 saturated heterocycles. The molecule has 0 spiro atoms. The third-order valence-electron chi connectivity index (χ3n) is 4.38. The number of para-hydroxylation sites is 1. The molecule has 1 atom stereocenters. The van der Waals surface area contributed by atoms with Crippen LogP contribution in [0.25, 0.3) is 5.69 Å². The van der Waals surface area contributed by atoms with E-state index < -0.39 is 0 Å². The van der Waals surface area contributed by atoms with E-state index in [0.29, 0.717) is 5.56 Å². The van der Waals surface area contributed by atoms with Gasteiger partial charge in [0, 0.05) is 11.1 Å². The second-order valence-corrected chi connectivity index (χ2v) is 7.32. The van der Waals surface area contributed by atoms with Crippen molar-refractivity contribution < 1.29 is 4.79 Å². The maximum Gasteiger partial charge on any atom is 0.255 e. The highest BCUT2D eigenvalue weighted by Crippen LogP contribution is 2.26. The van der Waals surface area contributed by atoms with E-state index in [0.717, 1.165) is 16.1 Å². The fraction of sp³-hybridized carbons (Fsp3) is 0.0909. The summed E-state index contributed by atoms with van der Waals surface area (Å²) in [5.74, 6) is -0.142. The second-order valence-electron chi connectivity index (χ2n) is 6.34. The summed E-state index contributed by atoms with van der Waals surface area (Å²) in [7, 11) is 0. The van der Waals surface area contributed by atoms with Gasteiger partial charge in [0.25, 0.3) is 5.91 Å². The van der Waals surface area contributed by atoms with Crippen molar-refractivity contribution in [3.8, 4) is 5.69 Å². The summed E-state index contributed by atoms with van der Waals surface area (Å²) in [5.41, 5.74) is 3.71. The minimum Gasteiger partial charge on any atom is -0.340 e. The molecule has 0 fully saturated rings. The summed E-state index contributed by atoms with van der Waals surface area (Å²) < 4.78 is 1.71. The van der Waals surface area contributed by atoms with E-state index in [1.807, 2.05) is 47.8 Å². The molecule has 2 heterocycles. The first kappa shape index (κ1) is 17.2. The van der Waals surface area contributed by atoms with Crippen molar-refractivity contribution in [3.05, 3.63) is 106 Å². The van der Waals surface area contributed by atoms with Crippen molar-refractivity contribution in [1.82, 2.24) is 15.1 Å². The van der Waals surface area contributed by atoms with Crippen molar-refractivity contribution in [2.45, 2.75) is 13.0 Å². The quantitative estimate of drug-likeness (QED) is 0.548. The molecule has 0 aliphatic heterocycles. The van der Waals surface area contributed by atoms with Crippen LogP contribution in [-0.4, -0.2) is 15.7 Å². The summed E-state index contributed by atoms with van der Waals surface area (Å²) >= 11 is 1.63. The van der Waals surface area contributed by atoms with Crippen molar-refractivity contribution in [1.29, 1.82) is 0 Å². The van der Waals surface area contributed by atoms with E-state index in [1.54, 1.807) is 28.4 Å². The van der Waals surface area contributed by atoms with Crippen LogP contribution in [0.15, 0.2) is 84.5 Å². The van der Waals surface area contributed by atoms with E-state index >= 15 is 0 Å². The number of thiophene rings is 1. The van der Waals surface area contributed by atoms with Crippen LogP contribution in [0.2, 0.25) is 0 Å². The second kappa shape index (κ2) is 7.60. The zero-order valence-electron chi connectivity index (χ0n) is 14.9. The third-order valence-corrected chi connectivity index (χ3v) is 5.32. The van der Waals surface area contributed by atoms with Crippen LogP contribution in [0.1, 0.15) is 32.4 Å². The van der Waals surface area contributed by atoms with Gasteiger partial charge in [0.2, 0.25) is 0 Å². The number of nitrogens with one attached hydrogen (secondary N) is 1. The Morgan fingerprint density at radius 3 is 2.52 bits per heavy atom. The van der Waals surface area contributed by atoms with E-state index in [9.17, 15) is 4.79 Å². The van der Waals surface area contributed by atoms with E-state index in [2.05, 4.69) is 41.6 Å². The maximum absolute atomic E-state index is 12.9. The average molecular weight is 373 g/mol. The van der Waals surface area contributed by atoms with Gasteiger partial charge in [-0.3, -0.25) is 4.79 Å². The van der Waals surface area contributed by atoms with Crippen LogP contribution in [-0.2, 0) is 0 Å². The Morgan fingerprint density at radius 1 is 1.04 bits per heavy atom. The summed E-state index contributed by atoms with van der Waals surface area (Å²) in [6.45, 7) is 2.06. The zero-order valence-corrected chi connectivity index (χ0v) is 15.7. The normalized spacial score (nSPS) is 11.9. The molecule has 134 valence electrons. The molecule has 27 heavy (non-hydrogen) atoms. The number of carbonyl (C=O) groups is 1. The highest BCUT2D eigenvalue weighted by atomic mass is 32.1. The van der Waals surface area contributed by atoms with Gasteiger partial charge >= 0.3 is 0 Å². The Labute approximate surface area is 162 Å². The Balaban J connectivity index is 1.59. The van der Waals surface area contributed by atoms with Gasteiger partial charge in [-0.25, -0.2) is 4.68 Å². The molecule has 4 nitrogen and oxygen atoms in total. The maximum atomic E-state index is 12.9. The lowest BCUT2D eigenvalue weighted by atomic mass is 10.0. The first-order valence-corrected chi connectivity index (χ1v) is 9.59. The van der Waals surface area contributed by atoms with Gasteiger partial charge in [-0.1, -0.05) is 54.1 Å². The zero-order chi connectivity index (χ0) is 18.6. The lowest BCUT2D eigenvalue weighted by Gasteiger charge is -2.18. The van der Waals surface area contributed by atoms with Gasteiger partial charge < -0.3 is 5.32 Å². The van der Waals surface area contributed by atoms with E-state index in [4.69, 9.17) is 0 Å². The summed E-state index contributed by atoms with van der Waals surface area (Å²) in [6.07, 6.45) is 3.36. The molecular formula is C22H19N3OS. The number of benzene rings is 2. The van der Waals surface area contributed by atoms with E-state index in [-0.39, 0.29) is 11.9 Å². The van der Waals surface area contributed by atoms with Gasteiger partial charge in [0.05, 0.1) is 23.5 Å². The molecule has 2 aromatic carbocycles. The topological polar surface area (TPSA) is 46.9 Å². The molecule has 0 saturated carbocycles. The highest BCUT2D eigenvalue weighted by molar-refractivity contribution is 7.10. The standard InChI is InChI=1S/C22H19N3OS/c1-16-9-11-17(12-10-16)21(20-8-5-13-27-20)24-22(26)18-14-23-25(15-18)19-6-3-2-4-7-19/h2-15,21H,1H3,(H,24,26). The molecule has 0 bridgehead atoms. The number of rotatable bonds is 5. The summed E-state index contributed by atoms with van der Waals surface area (Å²) in [6, 6.07) is 21.9. The Bertz CT molecular complexity index is 1020. The number of aromatic nitrogens is 2. The summed E-state index contributed by atoms with van der Waals surface area (Å²) in [5, 5.41) is 9.50. The third kappa shape index (κ3) is 3.83. The molecule has 2 aromatic heterocycles. The molecule has 4 aromatic rings. The monoisotopic (exact) mass is 373 g/mol. The Kier molecular flexibility index (Phi) is 4.85. The van der Waals surface area contributed by atoms with Gasteiger partial charge in [0.1, 0.15) is 0 Å². The van der Waals surface area contributed by atoms with Crippen LogP contribution < -0.4 is 5.32 Å². The number of aryl methyl sites for hydroxylation is 1. The highest BCUT2D eigenvalue weighted by Gasteiger charge is 2.19. The SMILES string of the molecule is Cc1ccc(C(NC(=O)c2cnn(-c3ccccc3)c2)c2cccs2)cc1. The Hall–Kier alpha value is -3.18. The van der Waals surface area contributed by atoms with Crippen LogP contribution in [0.4, 0.5) is 0 Å². The number of hydrogen-bond acceptors (Lipinski definition) is 3. The van der Waals surface area contributed by atoms with Gasteiger partial charge in [0.15, 0.2) is 0 Å². The molecule has 4 rings (SSSR count). The van der Waals surface area contributed by atoms with Crippen LogP contribution in [0.5, 0.6) is 0 Å². The fourth-order valence-electron chi connectivity index (χ4n) is 2.91. The van der Waals surface area contributed by atoms with E-state index in [1.165, 1.54) is 5.56 Å². The molecule has 0 aliphatic rings. The number of nitrogens with zero attached hydrogens (tertiary/aromatic N) is 2. The minimum atomic E-state index is -0.182. The van der Waals surface area contributed by atoms with Crippen LogP contribution >= 0.6 is 11.3 Å². The largest absolute Gasteiger partial charge is 0.340 e. The number of hydrogen-bond donors (Lipinski definition) is 1. The smallest absolute Gasteiger partial charge is 0.255 e. The van der Waals surface area contributed by atoms with Crippen LogP contribution in [0.3, 0.4) is 0 Å². The fourth-order valence-corrected chi connectivity index (χ4v) is 3.71. The van der Waals surface area contributed by atoms with Crippen molar-refractivity contribution in [2.24, 2.45) is 0 Å². The first-order chi connectivity index (χ1) is 13.2. The lowest BCUT2D eigenvalue weighted by molar-refractivity contribution is 0.0943. The molecular weight excluding hydrogens is 354 g/mol. The molecule has 0 radical (unpaired) electrons. The van der Waals surface area contributed by atoms with Gasteiger partial charge in [-0.05, 0) is 36.1 Å². The first-order valence-electron chi connectivity index (χ1n) is 8.71. The lowest BCUT2D eigenvalue weighted by Crippen LogP contribution is -2.28. The molecule has 0 aliphatic carbocycles. The van der Waals surface area contributed by atoms with Gasteiger partial charge in [-0.2, -0.15) is 5.10 Å². The minimum absolute atomic E-state index is 0.142. The molecule has 5 heteroatoms. The van der Waals surface area contributed by atoms with Gasteiger partial charge in [-0.15, -0.1) is 11.3 Å². The molecule has 1 amide bonds. The number of carbonyl (C=O) groups excluding carboxylic acids is 1. The molecule has 1 unspecified atom stereocenters. The number of amides is 1. The van der Waals surface area contributed by atoms with Crippen molar-refractivity contribution >= 4 is 17.2 Å². The van der Waals surface area contributed by atoms with Crippen molar-refractivity contribution in [3.63, 3.8) is 0 Å². The average Bonchev–Trinajstić information content (AvgIpc) is 3.40. The Morgan fingerprint density at radius 2 is 1.81 bits per heavy atom. The van der Waals surface area contributed by atoms with Crippen molar-refractivity contribution in [2.75, 3.05) is 0 Å². The molecule has 1 N–H and O–H groups in total. The van der Waals surface area contributed by atoms with Crippen LogP contribution in [0, 0.1) is 6.92 Å². The predicted octanol–water partition coefficient (Wildman–Crippen LogP) is 4.76. The predicted molar refractivity (Wildman–Crippen MR) is 108 cm³/mol.